The Hall–Kier alpha value is -0.700. The molecule has 13 heavy (non-hydrogen) atoms. The first-order valence-corrected chi connectivity index (χ1v) is 4.92. The summed E-state index contributed by atoms with van der Waals surface area (Å²) in [5.41, 5.74) is 0. The first-order valence-electron chi connectivity index (χ1n) is 4.13. The van der Waals surface area contributed by atoms with Crippen molar-refractivity contribution in [2.75, 3.05) is 7.11 Å². The normalized spacial score (nSPS) is 10.2. The molecule has 1 rings (SSSR count). The quantitative estimate of drug-likeness (QED) is 0.813. The van der Waals surface area contributed by atoms with E-state index in [1.165, 1.54) is 0 Å². The van der Waals surface area contributed by atoms with Crippen molar-refractivity contribution in [3.8, 4) is 11.5 Å². The van der Waals surface area contributed by atoms with Crippen molar-refractivity contribution in [1.82, 2.24) is 0 Å². The maximum absolute atomic E-state index is 5.53. The van der Waals surface area contributed by atoms with Gasteiger partial charge >= 0.3 is 0 Å². The number of methoxy groups -OCH3 is 1. The van der Waals surface area contributed by atoms with Gasteiger partial charge in [0.25, 0.3) is 0 Å². The van der Waals surface area contributed by atoms with E-state index in [-0.39, 0.29) is 6.10 Å². The van der Waals surface area contributed by atoms with Crippen LogP contribution in [0.15, 0.2) is 22.7 Å². The van der Waals surface area contributed by atoms with Crippen LogP contribution in [0.2, 0.25) is 0 Å². The smallest absolute Gasteiger partial charge is 0.124 e. The Morgan fingerprint density at radius 1 is 1.15 bits per heavy atom. The molecule has 0 radical (unpaired) electrons. The molecule has 0 aliphatic rings. The number of benzene rings is 1. The predicted molar refractivity (Wildman–Crippen MR) is 56.5 cm³/mol. The van der Waals surface area contributed by atoms with Gasteiger partial charge < -0.3 is 9.47 Å². The van der Waals surface area contributed by atoms with Crippen LogP contribution in [0.5, 0.6) is 11.5 Å². The summed E-state index contributed by atoms with van der Waals surface area (Å²) in [6, 6.07) is 5.68. The molecule has 0 unspecified atom stereocenters. The molecular formula is C10H13BrO2. The second kappa shape index (κ2) is 4.51. The lowest BCUT2D eigenvalue weighted by atomic mass is 10.3. The minimum atomic E-state index is 0.180. The van der Waals surface area contributed by atoms with Crippen LogP contribution >= 0.6 is 15.9 Å². The maximum atomic E-state index is 5.53. The Balaban J connectivity index is 2.88. The van der Waals surface area contributed by atoms with Crippen LogP contribution in [-0.2, 0) is 0 Å². The van der Waals surface area contributed by atoms with Crippen molar-refractivity contribution in [1.29, 1.82) is 0 Å². The average Bonchev–Trinajstić information content (AvgIpc) is 2.01. The third-order valence-corrected chi connectivity index (χ3v) is 1.91. The number of hydrogen-bond acceptors (Lipinski definition) is 2. The first kappa shape index (κ1) is 10.4. The SMILES string of the molecule is COc1cc(Br)cc(OC(C)C)c1. The van der Waals surface area contributed by atoms with E-state index >= 15 is 0 Å². The molecule has 0 aliphatic heterocycles. The van der Waals surface area contributed by atoms with Crippen LogP contribution in [0, 0.1) is 0 Å². The van der Waals surface area contributed by atoms with Gasteiger partial charge in [-0.15, -0.1) is 0 Å². The van der Waals surface area contributed by atoms with E-state index in [0.717, 1.165) is 16.0 Å². The minimum absolute atomic E-state index is 0.180. The zero-order valence-corrected chi connectivity index (χ0v) is 9.59. The monoisotopic (exact) mass is 244 g/mol. The molecule has 0 fully saturated rings. The van der Waals surface area contributed by atoms with Crippen LogP contribution in [-0.4, -0.2) is 13.2 Å². The molecule has 0 atom stereocenters. The topological polar surface area (TPSA) is 18.5 Å². The molecule has 72 valence electrons. The van der Waals surface area contributed by atoms with Gasteiger partial charge in [-0.05, 0) is 26.0 Å². The fraction of sp³-hybridized carbons (Fsp3) is 0.400. The second-order valence-corrected chi connectivity index (χ2v) is 3.91. The van der Waals surface area contributed by atoms with Gasteiger partial charge in [-0.25, -0.2) is 0 Å². The number of hydrogen-bond donors (Lipinski definition) is 0. The molecular weight excluding hydrogens is 232 g/mol. The van der Waals surface area contributed by atoms with Gasteiger partial charge in [0.15, 0.2) is 0 Å². The van der Waals surface area contributed by atoms with Gasteiger partial charge in [0.2, 0.25) is 0 Å². The Kier molecular flexibility index (Phi) is 3.60. The van der Waals surface area contributed by atoms with E-state index in [1.54, 1.807) is 7.11 Å². The molecule has 1 aromatic carbocycles. The highest BCUT2D eigenvalue weighted by Crippen LogP contribution is 2.26. The van der Waals surface area contributed by atoms with Crippen LogP contribution in [0.1, 0.15) is 13.8 Å². The standard InChI is InChI=1S/C10H13BrO2/c1-7(2)13-10-5-8(11)4-9(6-10)12-3/h4-7H,1-3H3. The molecule has 0 saturated heterocycles. The highest BCUT2D eigenvalue weighted by Gasteiger charge is 2.01. The highest BCUT2D eigenvalue weighted by atomic mass is 79.9. The lowest BCUT2D eigenvalue weighted by molar-refractivity contribution is 0.241. The highest BCUT2D eigenvalue weighted by molar-refractivity contribution is 9.10. The van der Waals surface area contributed by atoms with Gasteiger partial charge in [-0.2, -0.15) is 0 Å². The van der Waals surface area contributed by atoms with Gasteiger partial charge in [0.05, 0.1) is 13.2 Å². The molecule has 0 aliphatic carbocycles. The van der Waals surface area contributed by atoms with Crippen molar-refractivity contribution < 1.29 is 9.47 Å². The van der Waals surface area contributed by atoms with Crippen LogP contribution in [0.4, 0.5) is 0 Å². The van der Waals surface area contributed by atoms with Crippen molar-refractivity contribution >= 4 is 15.9 Å². The Morgan fingerprint density at radius 2 is 1.77 bits per heavy atom. The second-order valence-electron chi connectivity index (χ2n) is 2.99. The van der Waals surface area contributed by atoms with Crippen LogP contribution in [0.25, 0.3) is 0 Å². The largest absolute Gasteiger partial charge is 0.497 e. The van der Waals surface area contributed by atoms with E-state index in [2.05, 4.69) is 15.9 Å². The molecule has 0 spiro atoms. The van der Waals surface area contributed by atoms with E-state index in [0.29, 0.717) is 0 Å². The summed E-state index contributed by atoms with van der Waals surface area (Å²) in [4.78, 5) is 0. The lowest BCUT2D eigenvalue weighted by Crippen LogP contribution is -2.05. The maximum Gasteiger partial charge on any atom is 0.124 e. The van der Waals surface area contributed by atoms with Crippen LogP contribution in [0.3, 0.4) is 0 Å². The number of ether oxygens (including phenoxy) is 2. The Bertz CT molecular complexity index is 284. The van der Waals surface area contributed by atoms with Gasteiger partial charge in [0, 0.05) is 10.5 Å². The molecule has 2 nitrogen and oxygen atoms in total. The molecule has 0 aromatic heterocycles. The zero-order valence-electron chi connectivity index (χ0n) is 8.00. The molecule has 0 bridgehead atoms. The fourth-order valence-corrected chi connectivity index (χ4v) is 1.45. The third kappa shape index (κ3) is 3.27. The molecule has 3 heteroatoms. The predicted octanol–water partition coefficient (Wildman–Crippen LogP) is 3.24. The van der Waals surface area contributed by atoms with Crippen molar-refractivity contribution in [2.24, 2.45) is 0 Å². The third-order valence-electron chi connectivity index (χ3n) is 1.45. The van der Waals surface area contributed by atoms with Crippen molar-refractivity contribution in [3.63, 3.8) is 0 Å². The fourth-order valence-electron chi connectivity index (χ4n) is 0.995. The molecule has 1 aromatic rings. The summed E-state index contributed by atoms with van der Waals surface area (Å²) in [5, 5.41) is 0. The molecule has 0 N–H and O–H groups in total. The van der Waals surface area contributed by atoms with Gasteiger partial charge in [-0.1, -0.05) is 15.9 Å². The minimum Gasteiger partial charge on any atom is -0.497 e. The Morgan fingerprint density at radius 3 is 2.31 bits per heavy atom. The van der Waals surface area contributed by atoms with E-state index in [9.17, 15) is 0 Å². The molecule has 0 heterocycles. The summed E-state index contributed by atoms with van der Waals surface area (Å²) in [5.74, 6) is 1.62. The average molecular weight is 245 g/mol. The molecule has 0 saturated carbocycles. The van der Waals surface area contributed by atoms with E-state index in [4.69, 9.17) is 9.47 Å². The summed E-state index contributed by atoms with van der Waals surface area (Å²) < 4.78 is 11.6. The number of halogens is 1. The van der Waals surface area contributed by atoms with E-state index in [1.807, 2.05) is 32.0 Å². The summed E-state index contributed by atoms with van der Waals surface area (Å²) in [6.07, 6.45) is 0.180. The van der Waals surface area contributed by atoms with Crippen molar-refractivity contribution in [2.45, 2.75) is 20.0 Å². The lowest BCUT2D eigenvalue weighted by Gasteiger charge is -2.11. The van der Waals surface area contributed by atoms with E-state index < -0.39 is 0 Å². The molecule has 0 amide bonds. The summed E-state index contributed by atoms with van der Waals surface area (Å²) in [6.45, 7) is 3.99. The zero-order chi connectivity index (χ0) is 9.84. The van der Waals surface area contributed by atoms with Gasteiger partial charge in [-0.3, -0.25) is 0 Å². The van der Waals surface area contributed by atoms with Crippen molar-refractivity contribution in [3.05, 3.63) is 22.7 Å². The van der Waals surface area contributed by atoms with Crippen LogP contribution < -0.4 is 9.47 Å². The Labute approximate surface area is 87.0 Å². The summed E-state index contributed by atoms with van der Waals surface area (Å²) in [7, 11) is 1.64. The first-order chi connectivity index (χ1) is 6.11. The van der Waals surface area contributed by atoms with Gasteiger partial charge in [0.1, 0.15) is 11.5 Å². The summed E-state index contributed by atoms with van der Waals surface area (Å²) >= 11 is 3.38. The number of rotatable bonds is 3.